The third-order valence-electron chi connectivity index (χ3n) is 5.13. The number of rotatable bonds is 11. The Morgan fingerprint density at radius 2 is 1.74 bits per heavy atom. The molecule has 2 aromatic carbocycles. The summed E-state index contributed by atoms with van der Waals surface area (Å²) in [5.74, 6) is 0.761. The van der Waals surface area contributed by atoms with Crippen molar-refractivity contribution < 1.29 is 9.59 Å². The van der Waals surface area contributed by atoms with Crippen molar-refractivity contribution in [3.63, 3.8) is 0 Å². The van der Waals surface area contributed by atoms with Crippen LogP contribution in [0.1, 0.15) is 38.3 Å². The number of hydrogen-bond acceptors (Lipinski definition) is 3. The second kappa shape index (κ2) is 13.0. The summed E-state index contributed by atoms with van der Waals surface area (Å²) < 4.78 is 0. The van der Waals surface area contributed by atoms with Gasteiger partial charge in [0.15, 0.2) is 0 Å². The van der Waals surface area contributed by atoms with Crippen LogP contribution >= 0.6 is 35.0 Å². The quantitative estimate of drug-likeness (QED) is 0.455. The van der Waals surface area contributed by atoms with Crippen molar-refractivity contribution in [1.29, 1.82) is 0 Å². The SMILES string of the molecule is CC[C@H](C)NC(=O)[C@H](C)N(CCc1ccccc1)C(=O)CSCc1ccc(Cl)c(Cl)c1. The highest BCUT2D eigenvalue weighted by molar-refractivity contribution is 7.99. The third kappa shape index (κ3) is 8.40. The lowest BCUT2D eigenvalue weighted by Crippen LogP contribution is -2.51. The molecule has 0 fully saturated rings. The maximum absolute atomic E-state index is 13.1. The minimum atomic E-state index is -0.532. The van der Waals surface area contributed by atoms with Gasteiger partial charge in [0.1, 0.15) is 6.04 Å². The molecule has 0 radical (unpaired) electrons. The normalized spacial score (nSPS) is 12.8. The van der Waals surface area contributed by atoms with Crippen LogP contribution in [0.4, 0.5) is 0 Å². The molecule has 0 aliphatic rings. The van der Waals surface area contributed by atoms with Gasteiger partial charge < -0.3 is 10.2 Å². The fourth-order valence-corrected chi connectivity index (χ4v) is 4.18. The molecule has 0 aliphatic heterocycles. The van der Waals surface area contributed by atoms with Crippen LogP contribution in [0.2, 0.25) is 10.0 Å². The Morgan fingerprint density at radius 1 is 1.03 bits per heavy atom. The fraction of sp³-hybridized carbons (Fsp3) is 0.417. The van der Waals surface area contributed by atoms with Crippen molar-refractivity contribution in [2.45, 2.75) is 51.4 Å². The minimum Gasteiger partial charge on any atom is -0.352 e. The first-order valence-corrected chi connectivity index (χ1v) is 12.4. The Hall–Kier alpha value is -1.69. The second-order valence-corrected chi connectivity index (χ2v) is 9.36. The average molecular weight is 481 g/mol. The molecule has 0 unspecified atom stereocenters. The number of carbonyl (C=O) groups excluding carboxylic acids is 2. The first kappa shape index (κ1) is 25.6. The van der Waals surface area contributed by atoms with Gasteiger partial charge in [-0.2, -0.15) is 0 Å². The van der Waals surface area contributed by atoms with Gasteiger partial charge in [0.25, 0.3) is 0 Å². The lowest BCUT2D eigenvalue weighted by Gasteiger charge is -2.29. The van der Waals surface area contributed by atoms with Crippen LogP contribution in [0.5, 0.6) is 0 Å². The van der Waals surface area contributed by atoms with Crippen molar-refractivity contribution in [3.05, 3.63) is 69.7 Å². The Morgan fingerprint density at radius 3 is 2.39 bits per heavy atom. The molecule has 0 aromatic heterocycles. The van der Waals surface area contributed by atoms with Crippen molar-refractivity contribution in [2.24, 2.45) is 0 Å². The summed E-state index contributed by atoms with van der Waals surface area (Å²) in [4.78, 5) is 27.4. The number of benzene rings is 2. The predicted octanol–water partition coefficient (Wildman–Crippen LogP) is 5.60. The molecule has 0 heterocycles. The van der Waals surface area contributed by atoms with Gasteiger partial charge in [-0.3, -0.25) is 9.59 Å². The summed E-state index contributed by atoms with van der Waals surface area (Å²) in [5.41, 5.74) is 2.14. The molecule has 0 saturated carbocycles. The van der Waals surface area contributed by atoms with Gasteiger partial charge in [-0.15, -0.1) is 11.8 Å². The van der Waals surface area contributed by atoms with E-state index in [1.165, 1.54) is 11.8 Å². The number of hydrogen-bond donors (Lipinski definition) is 1. The molecule has 0 aliphatic carbocycles. The largest absolute Gasteiger partial charge is 0.352 e. The molecule has 2 rings (SSSR count). The van der Waals surface area contributed by atoms with E-state index in [0.29, 0.717) is 28.8 Å². The maximum Gasteiger partial charge on any atom is 0.242 e. The number of halogens is 2. The zero-order chi connectivity index (χ0) is 22.8. The van der Waals surface area contributed by atoms with E-state index in [4.69, 9.17) is 23.2 Å². The number of nitrogens with zero attached hydrogens (tertiary/aromatic N) is 1. The van der Waals surface area contributed by atoms with E-state index in [1.54, 1.807) is 17.9 Å². The van der Waals surface area contributed by atoms with Crippen LogP contribution in [0.3, 0.4) is 0 Å². The standard InChI is InChI=1S/C24H30Cl2N2O2S/c1-4-17(2)27-24(30)18(3)28(13-12-19-8-6-5-7-9-19)23(29)16-31-15-20-10-11-21(25)22(26)14-20/h5-11,14,17-18H,4,12-13,15-16H2,1-3H3,(H,27,30)/t17-,18-/m0/s1. The molecule has 31 heavy (non-hydrogen) atoms. The van der Waals surface area contributed by atoms with Crippen molar-refractivity contribution >= 4 is 46.8 Å². The molecular weight excluding hydrogens is 451 g/mol. The highest BCUT2D eigenvalue weighted by Crippen LogP contribution is 2.25. The van der Waals surface area contributed by atoms with Crippen LogP contribution in [0.15, 0.2) is 48.5 Å². The number of carbonyl (C=O) groups is 2. The van der Waals surface area contributed by atoms with E-state index >= 15 is 0 Å². The molecule has 2 amide bonds. The molecule has 2 aromatic rings. The van der Waals surface area contributed by atoms with Gasteiger partial charge in [-0.05, 0) is 49.9 Å². The molecule has 4 nitrogen and oxygen atoms in total. The first-order valence-electron chi connectivity index (χ1n) is 10.5. The molecule has 0 spiro atoms. The van der Waals surface area contributed by atoms with E-state index in [2.05, 4.69) is 5.32 Å². The van der Waals surface area contributed by atoms with Gasteiger partial charge in [0, 0.05) is 18.3 Å². The number of amides is 2. The van der Waals surface area contributed by atoms with Gasteiger partial charge in [-0.25, -0.2) is 0 Å². The Bertz CT molecular complexity index is 864. The van der Waals surface area contributed by atoms with Crippen molar-refractivity contribution in [3.8, 4) is 0 Å². The monoisotopic (exact) mass is 480 g/mol. The van der Waals surface area contributed by atoms with Gasteiger partial charge in [-0.1, -0.05) is 66.5 Å². The zero-order valence-corrected chi connectivity index (χ0v) is 20.6. The molecular formula is C24H30Cl2N2O2S. The first-order chi connectivity index (χ1) is 14.8. The van der Waals surface area contributed by atoms with Crippen molar-refractivity contribution in [1.82, 2.24) is 10.2 Å². The lowest BCUT2D eigenvalue weighted by molar-refractivity contribution is -0.138. The smallest absolute Gasteiger partial charge is 0.242 e. The highest BCUT2D eigenvalue weighted by Gasteiger charge is 2.26. The zero-order valence-electron chi connectivity index (χ0n) is 18.2. The minimum absolute atomic E-state index is 0.0483. The third-order valence-corrected chi connectivity index (χ3v) is 6.86. The van der Waals surface area contributed by atoms with E-state index < -0.39 is 6.04 Å². The Balaban J connectivity index is 2.01. The van der Waals surface area contributed by atoms with Crippen LogP contribution in [-0.4, -0.2) is 41.1 Å². The summed E-state index contributed by atoms with van der Waals surface area (Å²) in [7, 11) is 0. The average Bonchev–Trinajstić information content (AvgIpc) is 2.76. The summed E-state index contributed by atoms with van der Waals surface area (Å²) in [6.07, 6.45) is 1.54. The van der Waals surface area contributed by atoms with E-state index in [1.807, 2.05) is 56.3 Å². The lowest BCUT2D eigenvalue weighted by atomic mass is 10.1. The molecule has 7 heteroatoms. The maximum atomic E-state index is 13.1. The number of thioether (sulfide) groups is 1. The fourth-order valence-electron chi connectivity index (χ4n) is 3.00. The summed E-state index contributed by atoms with van der Waals surface area (Å²) in [5, 5.41) is 4.01. The van der Waals surface area contributed by atoms with Crippen LogP contribution < -0.4 is 5.32 Å². The molecule has 2 atom stereocenters. The van der Waals surface area contributed by atoms with Crippen molar-refractivity contribution in [2.75, 3.05) is 12.3 Å². The van der Waals surface area contributed by atoms with Gasteiger partial charge in [0.05, 0.1) is 15.8 Å². The molecule has 168 valence electrons. The van der Waals surface area contributed by atoms with E-state index in [9.17, 15) is 9.59 Å². The molecule has 0 saturated heterocycles. The van der Waals surface area contributed by atoms with Crippen LogP contribution in [0.25, 0.3) is 0 Å². The van der Waals surface area contributed by atoms with Crippen LogP contribution in [0, 0.1) is 0 Å². The molecule has 1 N–H and O–H groups in total. The summed E-state index contributed by atoms with van der Waals surface area (Å²) >= 11 is 13.5. The van der Waals surface area contributed by atoms with E-state index in [0.717, 1.165) is 17.5 Å². The predicted molar refractivity (Wildman–Crippen MR) is 132 cm³/mol. The van der Waals surface area contributed by atoms with Crippen LogP contribution in [-0.2, 0) is 21.8 Å². The second-order valence-electron chi connectivity index (χ2n) is 7.56. The van der Waals surface area contributed by atoms with Gasteiger partial charge >= 0.3 is 0 Å². The summed E-state index contributed by atoms with van der Waals surface area (Å²) in [6, 6.07) is 15.0. The Kier molecular flexibility index (Phi) is 10.7. The summed E-state index contributed by atoms with van der Waals surface area (Å²) in [6.45, 7) is 6.27. The van der Waals surface area contributed by atoms with Gasteiger partial charge in [0.2, 0.25) is 11.8 Å². The topological polar surface area (TPSA) is 49.4 Å². The number of nitrogens with one attached hydrogen (secondary N) is 1. The Labute approximate surface area is 199 Å². The highest BCUT2D eigenvalue weighted by atomic mass is 35.5. The molecule has 0 bridgehead atoms. The van der Waals surface area contributed by atoms with E-state index in [-0.39, 0.29) is 23.6 Å².